The molecule has 29 heavy (non-hydrogen) atoms. The van der Waals surface area contributed by atoms with E-state index in [0.29, 0.717) is 6.54 Å². The number of nitrogens with one attached hydrogen (secondary N) is 2. The van der Waals surface area contributed by atoms with Crippen LogP contribution in [0.4, 0.5) is 4.79 Å². The van der Waals surface area contributed by atoms with Gasteiger partial charge in [0.2, 0.25) is 5.91 Å². The van der Waals surface area contributed by atoms with Crippen LogP contribution < -0.4 is 10.6 Å². The second kappa shape index (κ2) is 9.23. The standard InChI is InChI=1S/C23H41N3O3/c1-5-24-22(29)25-18-10-12-23(4)11-9-17(20(27)19(23)16(18)3)15(2)21(28)26-13-7-6-8-14-26/h15-20,27H,5-14H2,1-4H3,(H2,24,25,29)/t15-,16+,17+,18-,19+,20-,23-/m0/s1. The van der Waals surface area contributed by atoms with E-state index in [1.54, 1.807) is 0 Å². The van der Waals surface area contributed by atoms with Crippen LogP contribution in [0.5, 0.6) is 0 Å². The molecule has 3 rings (SSSR count). The zero-order valence-electron chi connectivity index (χ0n) is 18.7. The van der Waals surface area contributed by atoms with Crippen molar-refractivity contribution in [1.82, 2.24) is 15.5 Å². The molecule has 0 bridgehead atoms. The van der Waals surface area contributed by atoms with Crippen molar-refractivity contribution in [2.45, 2.75) is 84.8 Å². The van der Waals surface area contributed by atoms with E-state index in [4.69, 9.17) is 0 Å². The lowest BCUT2D eigenvalue weighted by atomic mass is 9.51. The third-order valence-corrected chi connectivity index (χ3v) is 8.24. The molecule has 2 aliphatic carbocycles. The van der Waals surface area contributed by atoms with Crippen molar-refractivity contribution in [3.8, 4) is 0 Å². The van der Waals surface area contributed by atoms with Crippen molar-refractivity contribution in [3.63, 3.8) is 0 Å². The van der Waals surface area contributed by atoms with Gasteiger partial charge in [-0.2, -0.15) is 0 Å². The average molecular weight is 408 g/mol. The van der Waals surface area contributed by atoms with Crippen LogP contribution in [0.25, 0.3) is 0 Å². The molecule has 1 saturated heterocycles. The van der Waals surface area contributed by atoms with Gasteiger partial charge in [0, 0.05) is 31.6 Å². The van der Waals surface area contributed by atoms with Crippen LogP contribution in [0.15, 0.2) is 0 Å². The van der Waals surface area contributed by atoms with Crippen LogP contribution in [0.2, 0.25) is 0 Å². The Hall–Kier alpha value is -1.30. The Morgan fingerprint density at radius 2 is 1.83 bits per heavy atom. The Bertz CT molecular complexity index is 592. The highest BCUT2D eigenvalue weighted by Crippen LogP contribution is 2.55. The van der Waals surface area contributed by atoms with Gasteiger partial charge < -0.3 is 20.6 Å². The first kappa shape index (κ1) is 22.4. The summed E-state index contributed by atoms with van der Waals surface area (Å²) in [6.45, 7) is 10.7. The topological polar surface area (TPSA) is 81.7 Å². The maximum Gasteiger partial charge on any atom is 0.315 e. The smallest absolute Gasteiger partial charge is 0.315 e. The van der Waals surface area contributed by atoms with Gasteiger partial charge in [-0.25, -0.2) is 4.79 Å². The predicted octanol–water partition coefficient (Wildman–Crippen LogP) is 3.15. The highest BCUT2D eigenvalue weighted by molar-refractivity contribution is 5.79. The molecule has 7 atom stereocenters. The molecule has 166 valence electrons. The predicted molar refractivity (Wildman–Crippen MR) is 114 cm³/mol. The molecule has 0 aromatic carbocycles. The van der Waals surface area contributed by atoms with Gasteiger partial charge in [-0.1, -0.05) is 20.8 Å². The first-order chi connectivity index (χ1) is 13.8. The second-order valence-electron chi connectivity index (χ2n) is 10.1. The summed E-state index contributed by atoms with van der Waals surface area (Å²) in [5.41, 5.74) is 0.0860. The summed E-state index contributed by atoms with van der Waals surface area (Å²) in [4.78, 5) is 27.2. The number of carbonyl (C=O) groups excluding carboxylic acids is 2. The van der Waals surface area contributed by atoms with Crippen molar-refractivity contribution < 1.29 is 14.7 Å². The third kappa shape index (κ3) is 4.57. The number of aliphatic hydroxyl groups excluding tert-OH is 1. The fourth-order valence-electron chi connectivity index (χ4n) is 6.46. The molecule has 3 fully saturated rings. The van der Waals surface area contributed by atoms with Gasteiger partial charge in [0.15, 0.2) is 0 Å². The maximum atomic E-state index is 13.1. The summed E-state index contributed by atoms with van der Waals surface area (Å²) in [5, 5.41) is 17.4. The SMILES string of the molecule is CCNC(=O)N[C@H]1CC[C@]2(C)CC[C@H]([C@H](C)C(=O)N3CCCCC3)[C@H](O)[C@H]2[C@@H]1C. The van der Waals surface area contributed by atoms with Crippen LogP contribution >= 0.6 is 0 Å². The fourth-order valence-corrected chi connectivity index (χ4v) is 6.46. The molecule has 0 unspecified atom stereocenters. The number of carbonyl (C=O) groups is 2. The summed E-state index contributed by atoms with van der Waals surface area (Å²) in [6.07, 6.45) is 6.83. The van der Waals surface area contributed by atoms with Gasteiger partial charge in [-0.3, -0.25) is 4.79 Å². The summed E-state index contributed by atoms with van der Waals surface area (Å²) in [6, 6.07) is -0.0513. The van der Waals surface area contributed by atoms with Crippen molar-refractivity contribution in [2.75, 3.05) is 19.6 Å². The number of rotatable bonds is 4. The molecule has 2 saturated carbocycles. The lowest BCUT2D eigenvalue weighted by Crippen LogP contribution is -2.59. The van der Waals surface area contributed by atoms with E-state index in [-0.39, 0.29) is 47.1 Å². The van der Waals surface area contributed by atoms with Crippen molar-refractivity contribution >= 4 is 11.9 Å². The molecular weight excluding hydrogens is 366 g/mol. The zero-order valence-corrected chi connectivity index (χ0v) is 18.7. The summed E-state index contributed by atoms with van der Waals surface area (Å²) < 4.78 is 0. The minimum Gasteiger partial charge on any atom is -0.392 e. The molecule has 6 heteroatoms. The van der Waals surface area contributed by atoms with Crippen LogP contribution in [0.1, 0.15) is 72.6 Å². The number of hydrogen-bond donors (Lipinski definition) is 3. The number of piperidine rings is 1. The first-order valence-corrected chi connectivity index (χ1v) is 11.8. The lowest BCUT2D eigenvalue weighted by molar-refractivity contribution is -0.150. The second-order valence-corrected chi connectivity index (χ2v) is 10.1. The number of likely N-dealkylation sites (tertiary alicyclic amines) is 1. The molecule has 0 spiro atoms. The lowest BCUT2D eigenvalue weighted by Gasteiger charge is -2.56. The summed E-state index contributed by atoms with van der Waals surface area (Å²) in [7, 11) is 0. The van der Waals surface area contributed by atoms with E-state index in [9.17, 15) is 14.7 Å². The van der Waals surface area contributed by atoms with Gasteiger partial charge in [-0.05, 0) is 75.0 Å². The zero-order chi connectivity index (χ0) is 21.2. The number of urea groups is 1. The summed E-state index contributed by atoms with van der Waals surface area (Å²) >= 11 is 0. The van der Waals surface area contributed by atoms with Crippen LogP contribution in [0, 0.1) is 29.1 Å². The fraction of sp³-hybridized carbons (Fsp3) is 0.913. The molecule has 3 aliphatic rings. The average Bonchev–Trinajstić information content (AvgIpc) is 2.70. The van der Waals surface area contributed by atoms with E-state index in [2.05, 4.69) is 24.5 Å². The highest BCUT2D eigenvalue weighted by atomic mass is 16.3. The minimum absolute atomic E-state index is 0.00756. The Kier molecular flexibility index (Phi) is 7.13. The minimum atomic E-state index is -0.494. The maximum absolute atomic E-state index is 13.1. The molecular formula is C23H41N3O3. The Morgan fingerprint density at radius 1 is 1.17 bits per heavy atom. The van der Waals surface area contributed by atoms with Crippen molar-refractivity contribution in [3.05, 3.63) is 0 Å². The monoisotopic (exact) mass is 407 g/mol. The third-order valence-electron chi connectivity index (χ3n) is 8.24. The van der Waals surface area contributed by atoms with E-state index in [0.717, 1.165) is 51.6 Å². The van der Waals surface area contributed by atoms with E-state index >= 15 is 0 Å². The van der Waals surface area contributed by atoms with Crippen LogP contribution in [0.3, 0.4) is 0 Å². The van der Waals surface area contributed by atoms with Crippen molar-refractivity contribution in [2.24, 2.45) is 29.1 Å². The quantitative estimate of drug-likeness (QED) is 0.670. The van der Waals surface area contributed by atoms with Crippen LogP contribution in [-0.2, 0) is 4.79 Å². The number of hydrogen-bond acceptors (Lipinski definition) is 3. The molecule has 1 heterocycles. The van der Waals surface area contributed by atoms with Gasteiger partial charge >= 0.3 is 6.03 Å². The Morgan fingerprint density at radius 3 is 2.48 bits per heavy atom. The number of fused-ring (bicyclic) bond motifs is 1. The highest BCUT2D eigenvalue weighted by Gasteiger charge is 2.54. The number of aliphatic hydroxyl groups is 1. The molecule has 6 nitrogen and oxygen atoms in total. The van der Waals surface area contributed by atoms with E-state index < -0.39 is 6.10 Å². The molecule has 0 radical (unpaired) electrons. The molecule has 0 aromatic heterocycles. The molecule has 0 aromatic rings. The molecule has 1 aliphatic heterocycles. The van der Waals surface area contributed by atoms with E-state index in [1.807, 2.05) is 18.7 Å². The summed E-state index contributed by atoms with van der Waals surface area (Å²) in [5.74, 6) is 0.382. The molecule has 3 amide bonds. The first-order valence-electron chi connectivity index (χ1n) is 11.8. The van der Waals surface area contributed by atoms with E-state index in [1.165, 1.54) is 6.42 Å². The van der Waals surface area contributed by atoms with Crippen molar-refractivity contribution in [1.29, 1.82) is 0 Å². The number of amides is 3. The van der Waals surface area contributed by atoms with Gasteiger partial charge in [0.25, 0.3) is 0 Å². The Balaban J connectivity index is 1.71. The largest absolute Gasteiger partial charge is 0.392 e. The number of nitrogens with zero attached hydrogens (tertiary/aromatic N) is 1. The van der Waals surface area contributed by atoms with Gasteiger partial charge in [0.05, 0.1) is 6.10 Å². The molecule has 3 N–H and O–H groups in total. The Labute approximate surface area is 176 Å². The van der Waals surface area contributed by atoms with Gasteiger partial charge in [0.1, 0.15) is 0 Å². The van der Waals surface area contributed by atoms with Crippen LogP contribution in [-0.4, -0.2) is 53.7 Å². The normalized spacial score (nSPS) is 38.7. The van der Waals surface area contributed by atoms with Gasteiger partial charge in [-0.15, -0.1) is 0 Å².